The zero-order valence-corrected chi connectivity index (χ0v) is 18.3. The molecular weight excluding hydrogens is 402 g/mol. The number of likely N-dealkylation sites (tertiary alicyclic amines) is 1. The highest BCUT2D eigenvalue weighted by molar-refractivity contribution is 5.81. The summed E-state index contributed by atoms with van der Waals surface area (Å²) < 4.78 is 5.40. The van der Waals surface area contributed by atoms with Crippen LogP contribution in [0, 0.1) is 5.92 Å². The predicted molar refractivity (Wildman–Crippen MR) is 123 cm³/mol. The van der Waals surface area contributed by atoms with Gasteiger partial charge >= 0.3 is 6.03 Å². The van der Waals surface area contributed by atoms with Gasteiger partial charge in [0.05, 0.1) is 18.7 Å². The Labute approximate surface area is 188 Å². The van der Waals surface area contributed by atoms with Crippen molar-refractivity contribution in [2.45, 2.75) is 25.4 Å². The lowest BCUT2D eigenvalue weighted by Crippen LogP contribution is -2.51. The summed E-state index contributed by atoms with van der Waals surface area (Å²) in [5.41, 5.74) is 2.20. The van der Waals surface area contributed by atoms with Crippen LogP contribution in [0.15, 0.2) is 83.5 Å². The minimum absolute atomic E-state index is 0.0305. The number of carbonyl (C=O) groups is 2. The van der Waals surface area contributed by atoms with Crippen LogP contribution in [0.5, 0.6) is 0 Å². The second kappa shape index (κ2) is 10.2. The Hall–Kier alpha value is -3.54. The van der Waals surface area contributed by atoms with E-state index < -0.39 is 0 Å². The molecule has 0 bridgehead atoms. The normalized spacial score (nSPS) is 18.2. The van der Waals surface area contributed by atoms with E-state index in [0.29, 0.717) is 32.6 Å². The highest BCUT2D eigenvalue weighted by atomic mass is 16.3. The number of hydrogen-bond donors (Lipinski definition) is 1. The second-order valence-electron chi connectivity index (χ2n) is 8.36. The van der Waals surface area contributed by atoms with Crippen molar-refractivity contribution >= 4 is 11.9 Å². The first kappa shape index (κ1) is 21.7. The van der Waals surface area contributed by atoms with Crippen LogP contribution in [0.25, 0.3) is 0 Å². The number of nitrogens with zero attached hydrogens (tertiary/aromatic N) is 2. The lowest BCUT2D eigenvalue weighted by molar-refractivity contribution is -0.136. The van der Waals surface area contributed by atoms with Crippen molar-refractivity contribution in [1.29, 1.82) is 0 Å². The summed E-state index contributed by atoms with van der Waals surface area (Å²) in [5.74, 6) is 0.617. The number of hydrogen-bond acceptors (Lipinski definition) is 3. The van der Waals surface area contributed by atoms with Crippen molar-refractivity contribution in [3.8, 4) is 0 Å². The van der Waals surface area contributed by atoms with E-state index in [1.165, 1.54) is 0 Å². The molecule has 6 nitrogen and oxygen atoms in total. The van der Waals surface area contributed by atoms with Gasteiger partial charge in [0.1, 0.15) is 5.76 Å². The third-order valence-electron chi connectivity index (χ3n) is 5.99. The molecule has 0 spiro atoms. The Bertz CT molecular complexity index is 1010. The Kier molecular flexibility index (Phi) is 6.90. The molecular formula is C26H29N3O3. The van der Waals surface area contributed by atoms with Crippen molar-refractivity contribution in [3.63, 3.8) is 0 Å². The molecule has 3 aromatic rings. The molecule has 0 aliphatic carbocycles. The number of rotatable bonds is 6. The van der Waals surface area contributed by atoms with Gasteiger partial charge in [-0.25, -0.2) is 4.79 Å². The van der Waals surface area contributed by atoms with E-state index in [2.05, 4.69) is 17.4 Å². The van der Waals surface area contributed by atoms with Gasteiger partial charge < -0.3 is 19.5 Å². The summed E-state index contributed by atoms with van der Waals surface area (Å²) in [4.78, 5) is 29.8. The van der Waals surface area contributed by atoms with Gasteiger partial charge in [0.25, 0.3) is 0 Å². The van der Waals surface area contributed by atoms with Gasteiger partial charge in [-0.1, -0.05) is 60.7 Å². The Balaban J connectivity index is 1.47. The molecule has 1 aliphatic heterocycles. The van der Waals surface area contributed by atoms with Gasteiger partial charge in [-0.05, 0) is 29.7 Å². The molecule has 1 aromatic heterocycles. The van der Waals surface area contributed by atoms with Gasteiger partial charge in [-0.3, -0.25) is 4.79 Å². The summed E-state index contributed by atoms with van der Waals surface area (Å²) >= 11 is 0. The van der Waals surface area contributed by atoms with E-state index in [1.54, 1.807) is 23.1 Å². The molecule has 2 atom stereocenters. The van der Waals surface area contributed by atoms with Crippen LogP contribution in [0.2, 0.25) is 0 Å². The molecule has 4 rings (SSSR count). The summed E-state index contributed by atoms with van der Waals surface area (Å²) in [6, 6.07) is 23.5. The van der Waals surface area contributed by atoms with E-state index in [1.807, 2.05) is 60.7 Å². The Morgan fingerprint density at radius 2 is 1.72 bits per heavy atom. The molecule has 1 N–H and O–H groups in total. The minimum atomic E-state index is -0.267. The molecule has 6 heteroatoms. The molecule has 2 unspecified atom stereocenters. The maximum Gasteiger partial charge on any atom is 0.317 e. The number of amides is 3. The van der Waals surface area contributed by atoms with Gasteiger partial charge in [0.15, 0.2) is 0 Å². The maximum absolute atomic E-state index is 13.3. The molecule has 2 heterocycles. The van der Waals surface area contributed by atoms with E-state index in [9.17, 15) is 9.59 Å². The highest BCUT2D eigenvalue weighted by Gasteiger charge is 2.35. The quantitative estimate of drug-likeness (QED) is 0.634. The fourth-order valence-electron chi connectivity index (χ4n) is 4.32. The SMILES string of the molecule is CN(Cc1ccco1)C(=O)C1CC(c2ccccc2)CN(C(=O)NCc2ccccc2)C1. The lowest BCUT2D eigenvalue weighted by atomic mass is 9.84. The predicted octanol–water partition coefficient (Wildman–Crippen LogP) is 4.25. The first-order valence-corrected chi connectivity index (χ1v) is 11.0. The average Bonchev–Trinajstić information content (AvgIpc) is 3.36. The lowest BCUT2D eigenvalue weighted by Gasteiger charge is -2.38. The van der Waals surface area contributed by atoms with E-state index >= 15 is 0 Å². The first-order valence-electron chi connectivity index (χ1n) is 11.0. The van der Waals surface area contributed by atoms with Crippen molar-refractivity contribution in [3.05, 3.63) is 95.9 Å². The zero-order chi connectivity index (χ0) is 22.3. The van der Waals surface area contributed by atoms with Crippen LogP contribution in [-0.2, 0) is 17.9 Å². The second-order valence-corrected chi connectivity index (χ2v) is 8.36. The van der Waals surface area contributed by atoms with Crippen molar-refractivity contribution in [1.82, 2.24) is 15.1 Å². The molecule has 32 heavy (non-hydrogen) atoms. The summed E-state index contributed by atoms with van der Waals surface area (Å²) in [6.07, 6.45) is 2.33. The minimum Gasteiger partial charge on any atom is -0.467 e. The molecule has 2 aromatic carbocycles. The average molecular weight is 432 g/mol. The van der Waals surface area contributed by atoms with Crippen molar-refractivity contribution in [2.75, 3.05) is 20.1 Å². The van der Waals surface area contributed by atoms with Crippen LogP contribution in [-0.4, -0.2) is 41.9 Å². The number of urea groups is 1. The Morgan fingerprint density at radius 1 is 1.00 bits per heavy atom. The zero-order valence-electron chi connectivity index (χ0n) is 18.3. The topological polar surface area (TPSA) is 65.8 Å². The van der Waals surface area contributed by atoms with Crippen LogP contribution in [0.3, 0.4) is 0 Å². The molecule has 1 fully saturated rings. The number of piperidine rings is 1. The van der Waals surface area contributed by atoms with Crippen LogP contribution in [0.1, 0.15) is 29.2 Å². The van der Waals surface area contributed by atoms with Crippen molar-refractivity contribution < 1.29 is 14.0 Å². The maximum atomic E-state index is 13.3. The number of carbonyl (C=O) groups excluding carboxylic acids is 2. The monoisotopic (exact) mass is 431 g/mol. The van der Waals surface area contributed by atoms with Gasteiger partial charge in [-0.15, -0.1) is 0 Å². The molecule has 0 saturated carbocycles. The van der Waals surface area contributed by atoms with Crippen LogP contribution < -0.4 is 5.32 Å². The standard InChI is InChI=1S/C26H29N3O3/c1-28(19-24-13-8-14-32-24)25(30)23-15-22(21-11-6-3-7-12-21)17-29(18-23)26(31)27-16-20-9-4-2-5-10-20/h2-14,22-23H,15-19H2,1H3,(H,27,31). The number of furan rings is 1. The first-order chi connectivity index (χ1) is 15.6. The van der Waals surface area contributed by atoms with Crippen LogP contribution >= 0.6 is 0 Å². The van der Waals surface area contributed by atoms with E-state index in [-0.39, 0.29) is 23.8 Å². The van der Waals surface area contributed by atoms with Gasteiger partial charge in [-0.2, -0.15) is 0 Å². The number of nitrogens with one attached hydrogen (secondary N) is 1. The molecule has 3 amide bonds. The summed E-state index contributed by atoms with van der Waals surface area (Å²) in [6.45, 7) is 1.88. The fraction of sp³-hybridized carbons (Fsp3) is 0.308. The Morgan fingerprint density at radius 3 is 2.41 bits per heavy atom. The molecule has 1 aliphatic rings. The fourth-order valence-corrected chi connectivity index (χ4v) is 4.32. The van der Waals surface area contributed by atoms with Crippen LogP contribution in [0.4, 0.5) is 4.79 Å². The third kappa shape index (κ3) is 5.38. The number of benzene rings is 2. The van der Waals surface area contributed by atoms with Crippen molar-refractivity contribution in [2.24, 2.45) is 5.92 Å². The summed E-state index contributed by atoms with van der Waals surface area (Å²) in [5, 5.41) is 3.01. The van der Waals surface area contributed by atoms with Gasteiger partial charge in [0, 0.05) is 32.6 Å². The molecule has 1 saturated heterocycles. The van der Waals surface area contributed by atoms with E-state index in [4.69, 9.17) is 4.42 Å². The highest BCUT2D eigenvalue weighted by Crippen LogP contribution is 2.31. The van der Waals surface area contributed by atoms with E-state index in [0.717, 1.165) is 16.9 Å². The molecule has 166 valence electrons. The third-order valence-corrected chi connectivity index (χ3v) is 5.99. The van der Waals surface area contributed by atoms with Gasteiger partial charge in [0.2, 0.25) is 5.91 Å². The summed E-state index contributed by atoms with van der Waals surface area (Å²) in [7, 11) is 1.79. The smallest absolute Gasteiger partial charge is 0.317 e. The molecule has 0 radical (unpaired) electrons. The largest absolute Gasteiger partial charge is 0.467 e.